The Bertz CT molecular complexity index is 868. The third-order valence-corrected chi connectivity index (χ3v) is 4.88. The number of rotatable bonds is 6. The lowest BCUT2D eigenvalue weighted by Crippen LogP contribution is -2.11. The molecule has 4 nitrogen and oxygen atoms in total. The highest BCUT2D eigenvalue weighted by Gasteiger charge is 2.12. The van der Waals surface area contributed by atoms with Crippen LogP contribution in [0.15, 0.2) is 40.8 Å². The second-order valence-corrected chi connectivity index (χ2v) is 6.98. The number of carbonyl (C=O) groups excluding carboxylic acids is 1. The first-order valence-electron chi connectivity index (χ1n) is 8.05. The molecule has 0 saturated heterocycles. The molecule has 2 aromatic heterocycles. The molecule has 6 heteroatoms. The van der Waals surface area contributed by atoms with Crippen LogP contribution in [-0.2, 0) is 17.6 Å². The minimum Gasteiger partial charge on any atom is -0.466 e. The van der Waals surface area contributed by atoms with Crippen molar-refractivity contribution in [3.63, 3.8) is 0 Å². The van der Waals surface area contributed by atoms with Crippen molar-refractivity contribution in [3.05, 3.63) is 69.9 Å². The van der Waals surface area contributed by atoms with E-state index in [1.807, 2.05) is 26.0 Å². The number of furan rings is 1. The van der Waals surface area contributed by atoms with E-state index in [2.05, 4.69) is 10.3 Å². The molecule has 0 aliphatic carbocycles. The number of anilines is 1. The molecule has 1 aromatic carbocycles. The fraction of sp³-hybridized carbons (Fsp3) is 0.263. The fourth-order valence-electron chi connectivity index (χ4n) is 2.47. The number of hydrogen-bond donors (Lipinski definition) is 1. The first kappa shape index (κ1) is 17.4. The Morgan fingerprint density at radius 2 is 1.96 bits per heavy atom. The van der Waals surface area contributed by atoms with Crippen LogP contribution in [0.5, 0.6) is 0 Å². The van der Waals surface area contributed by atoms with Crippen LogP contribution in [0.25, 0.3) is 0 Å². The number of aromatic nitrogens is 1. The minimum atomic E-state index is -0.246. The summed E-state index contributed by atoms with van der Waals surface area (Å²) in [6.45, 7) is 3.79. The summed E-state index contributed by atoms with van der Waals surface area (Å²) in [4.78, 5) is 17.6. The SMILES string of the molecule is Cc1ccc(CCC(=O)Nc2nc(C)c(Cc3ccc(F)cc3)s2)o1. The summed E-state index contributed by atoms with van der Waals surface area (Å²) in [5, 5.41) is 3.43. The van der Waals surface area contributed by atoms with Crippen molar-refractivity contribution >= 4 is 22.4 Å². The van der Waals surface area contributed by atoms with Gasteiger partial charge in [-0.15, -0.1) is 11.3 Å². The maximum absolute atomic E-state index is 13.0. The van der Waals surface area contributed by atoms with E-state index in [1.165, 1.54) is 23.5 Å². The van der Waals surface area contributed by atoms with Crippen LogP contribution in [-0.4, -0.2) is 10.9 Å². The zero-order valence-electron chi connectivity index (χ0n) is 14.1. The lowest BCUT2D eigenvalue weighted by atomic mass is 10.1. The smallest absolute Gasteiger partial charge is 0.226 e. The van der Waals surface area contributed by atoms with Crippen LogP contribution in [0, 0.1) is 19.7 Å². The number of nitrogens with zero attached hydrogens (tertiary/aromatic N) is 1. The number of thiazole rings is 1. The molecule has 0 spiro atoms. The molecule has 0 unspecified atom stereocenters. The number of halogens is 1. The van der Waals surface area contributed by atoms with E-state index in [4.69, 9.17) is 4.42 Å². The highest BCUT2D eigenvalue weighted by molar-refractivity contribution is 7.15. The number of benzene rings is 1. The molecule has 130 valence electrons. The average Bonchev–Trinajstić information content (AvgIpc) is 3.13. The summed E-state index contributed by atoms with van der Waals surface area (Å²) in [5.41, 5.74) is 1.89. The van der Waals surface area contributed by atoms with Gasteiger partial charge in [-0.2, -0.15) is 0 Å². The Labute approximate surface area is 149 Å². The molecule has 0 aliphatic rings. The van der Waals surface area contributed by atoms with Crippen molar-refractivity contribution in [1.82, 2.24) is 4.98 Å². The number of carbonyl (C=O) groups is 1. The molecular weight excluding hydrogens is 339 g/mol. The largest absolute Gasteiger partial charge is 0.466 e. The predicted octanol–water partition coefficient (Wildman–Crippen LogP) is 4.65. The highest BCUT2D eigenvalue weighted by atomic mass is 32.1. The van der Waals surface area contributed by atoms with Gasteiger partial charge in [-0.1, -0.05) is 12.1 Å². The molecule has 0 saturated carbocycles. The lowest BCUT2D eigenvalue weighted by Gasteiger charge is -2.00. The van der Waals surface area contributed by atoms with Gasteiger partial charge in [0.25, 0.3) is 0 Å². The van der Waals surface area contributed by atoms with Gasteiger partial charge in [-0.3, -0.25) is 4.79 Å². The lowest BCUT2D eigenvalue weighted by molar-refractivity contribution is -0.116. The Hall–Kier alpha value is -2.47. The Morgan fingerprint density at radius 3 is 2.64 bits per heavy atom. The first-order chi connectivity index (χ1) is 12.0. The minimum absolute atomic E-state index is 0.0869. The molecule has 0 atom stereocenters. The van der Waals surface area contributed by atoms with E-state index in [1.54, 1.807) is 12.1 Å². The Morgan fingerprint density at radius 1 is 1.20 bits per heavy atom. The van der Waals surface area contributed by atoms with Crippen molar-refractivity contribution in [1.29, 1.82) is 0 Å². The van der Waals surface area contributed by atoms with E-state index in [-0.39, 0.29) is 11.7 Å². The molecule has 25 heavy (non-hydrogen) atoms. The van der Waals surface area contributed by atoms with E-state index in [0.717, 1.165) is 27.7 Å². The predicted molar refractivity (Wildman–Crippen MR) is 96.5 cm³/mol. The van der Waals surface area contributed by atoms with Crippen LogP contribution >= 0.6 is 11.3 Å². The normalized spacial score (nSPS) is 10.8. The summed E-state index contributed by atoms with van der Waals surface area (Å²) < 4.78 is 18.4. The van der Waals surface area contributed by atoms with Gasteiger partial charge in [0.1, 0.15) is 17.3 Å². The molecule has 3 aromatic rings. The van der Waals surface area contributed by atoms with Crippen molar-refractivity contribution in [2.75, 3.05) is 5.32 Å². The summed E-state index contributed by atoms with van der Waals surface area (Å²) in [5.74, 6) is 1.32. The highest BCUT2D eigenvalue weighted by Crippen LogP contribution is 2.25. The number of nitrogens with one attached hydrogen (secondary N) is 1. The standard InChI is InChI=1S/C19H19FN2O2S/c1-12-3-8-16(24-12)9-10-18(23)22-19-21-13(2)17(25-19)11-14-4-6-15(20)7-5-14/h3-8H,9-11H2,1-2H3,(H,21,22,23). The molecule has 2 heterocycles. The van der Waals surface area contributed by atoms with E-state index < -0.39 is 0 Å². The molecular formula is C19H19FN2O2S. The Balaban J connectivity index is 1.57. The van der Waals surface area contributed by atoms with Crippen LogP contribution in [0.4, 0.5) is 9.52 Å². The van der Waals surface area contributed by atoms with Crippen molar-refractivity contribution in [2.24, 2.45) is 0 Å². The van der Waals surface area contributed by atoms with Crippen LogP contribution in [0.1, 0.15) is 34.1 Å². The van der Waals surface area contributed by atoms with E-state index in [9.17, 15) is 9.18 Å². The van der Waals surface area contributed by atoms with E-state index >= 15 is 0 Å². The summed E-state index contributed by atoms with van der Waals surface area (Å²) >= 11 is 1.45. The van der Waals surface area contributed by atoms with Gasteiger partial charge in [0, 0.05) is 24.1 Å². The van der Waals surface area contributed by atoms with Gasteiger partial charge in [-0.25, -0.2) is 9.37 Å². The van der Waals surface area contributed by atoms with Crippen molar-refractivity contribution in [2.45, 2.75) is 33.1 Å². The van der Waals surface area contributed by atoms with Gasteiger partial charge in [0.05, 0.1) is 5.69 Å². The summed E-state index contributed by atoms with van der Waals surface area (Å²) in [7, 11) is 0. The van der Waals surface area contributed by atoms with Crippen LogP contribution in [0.2, 0.25) is 0 Å². The zero-order valence-corrected chi connectivity index (χ0v) is 15.0. The molecule has 1 amide bonds. The van der Waals surface area contributed by atoms with Gasteiger partial charge < -0.3 is 9.73 Å². The molecule has 3 rings (SSSR count). The van der Waals surface area contributed by atoms with Crippen molar-refractivity contribution in [3.8, 4) is 0 Å². The van der Waals surface area contributed by atoms with Gasteiger partial charge >= 0.3 is 0 Å². The topological polar surface area (TPSA) is 55.1 Å². The Kier molecular flexibility index (Phi) is 5.28. The van der Waals surface area contributed by atoms with Gasteiger partial charge in [0.2, 0.25) is 5.91 Å². The first-order valence-corrected chi connectivity index (χ1v) is 8.87. The van der Waals surface area contributed by atoms with Crippen LogP contribution in [0.3, 0.4) is 0 Å². The van der Waals surface area contributed by atoms with Gasteiger partial charge in [0.15, 0.2) is 5.13 Å². The number of aryl methyl sites for hydroxylation is 3. The maximum atomic E-state index is 13.0. The third-order valence-electron chi connectivity index (χ3n) is 3.81. The summed E-state index contributed by atoms with van der Waals surface area (Å²) in [6.07, 6.45) is 1.58. The number of amides is 1. The summed E-state index contributed by atoms with van der Waals surface area (Å²) in [6, 6.07) is 10.2. The quantitative estimate of drug-likeness (QED) is 0.697. The average molecular weight is 358 g/mol. The fourth-order valence-corrected chi connectivity index (χ4v) is 3.48. The monoisotopic (exact) mass is 358 g/mol. The van der Waals surface area contributed by atoms with Gasteiger partial charge in [-0.05, 0) is 43.7 Å². The molecule has 0 fully saturated rings. The second kappa shape index (κ2) is 7.61. The van der Waals surface area contributed by atoms with E-state index in [0.29, 0.717) is 24.4 Å². The molecule has 0 radical (unpaired) electrons. The van der Waals surface area contributed by atoms with Crippen molar-refractivity contribution < 1.29 is 13.6 Å². The van der Waals surface area contributed by atoms with Crippen LogP contribution < -0.4 is 5.32 Å². The third kappa shape index (κ3) is 4.76. The second-order valence-electron chi connectivity index (χ2n) is 5.89. The molecule has 0 bridgehead atoms. The zero-order chi connectivity index (χ0) is 17.8. The maximum Gasteiger partial charge on any atom is 0.226 e. The number of hydrogen-bond acceptors (Lipinski definition) is 4. The molecule has 0 aliphatic heterocycles. The molecule has 1 N–H and O–H groups in total.